The monoisotopic (exact) mass is 502 g/mol. The van der Waals surface area contributed by atoms with E-state index in [2.05, 4.69) is 18.2 Å². The number of fused-ring (bicyclic) bond motifs is 1. The second kappa shape index (κ2) is 10.6. The fraction of sp³-hybridized carbons (Fsp3) is 0. The lowest BCUT2D eigenvalue weighted by molar-refractivity contribution is -0.188. The third-order valence-corrected chi connectivity index (χ3v) is 6.44. The molecule has 0 radical (unpaired) electrons. The van der Waals surface area contributed by atoms with E-state index in [1.165, 1.54) is 0 Å². The number of nitrogens with zero attached hydrogens (tertiary/aromatic N) is 2. The van der Waals surface area contributed by atoms with Crippen LogP contribution in [0, 0.1) is 0 Å². The minimum atomic E-state index is 0.660. The molecule has 2 heterocycles. The molecule has 6 heteroatoms. The molecule has 0 aliphatic heterocycles. The van der Waals surface area contributed by atoms with Gasteiger partial charge in [0.25, 0.3) is 0 Å². The first kappa shape index (κ1) is 22.9. The maximum Gasteiger partial charge on any atom is 0.179 e. The summed E-state index contributed by atoms with van der Waals surface area (Å²) in [5.74, 6) is 1.56. The molecule has 0 spiro atoms. The van der Waals surface area contributed by atoms with Crippen molar-refractivity contribution in [2.45, 2.75) is 4.90 Å². The van der Waals surface area contributed by atoms with Crippen molar-refractivity contribution in [2.24, 2.45) is 0 Å². The number of ether oxygens (including phenoxy) is 1. The third kappa shape index (κ3) is 5.21. The predicted octanol–water partition coefficient (Wildman–Crippen LogP) is 8.23. The molecule has 6 aromatic rings. The Labute approximate surface area is 219 Å². The topological polar surface area (TPSA) is 45.5 Å². The van der Waals surface area contributed by atoms with Gasteiger partial charge in [-0.1, -0.05) is 83.2 Å². The molecule has 0 bridgehead atoms. The lowest BCUT2D eigenvalue weighted by Crippen LogP contribution is -2.07. The van der Waals surface area contributed by atoms with Gasteiger partial charge >= 0.3 is 0 Å². The summed E-state index contributed by atoms with van der Waals surface area (Å²) in [6.45, 7) is 0. The summed E-state index contributed by atoms with van der Waals surface area (Å²) in [6, 6.07) is 39.8. The maximum absolute atomic E-state index is 5.97. The maximum atomic E-state index is 5.97. The first-order valence-corrected chi connectivity index (χ1v) is 12.5. The van der Waals surface area contributed by atoms with E-state index in [0.29, 0.717) is 5.65 Å². The van der Waals surface area contributed by atoms with Crippen LogP contribution in [0.5, 0.6) is 11.5 Å². The lowest BCUT2D eigenvalue weighted by Gasteiger charge is -2.07. The standard InChI is InChI=1S/C31H22N2O3S/c1-4-10-23(11-5-1)25-20-29-30(24-16-18-27(19-17-24)34-26-12-6-2-7-13-26)22-33(31(29)32-21-25)35-36-37-28-14-8-3-9-15-28/h1-22H. The van der Waals surface area contributed by atoms with E-state index >= 15 is 0 Å². The molecule has 0 atom stereocenters. The van der Waals surface area contributed by atoms with Crippen molar-refractivity contribution in [3.8, 4) is 33.8 Å². The predicted molar refractivity (Wildman–Crippen MR) is 147 cm³/mol. The Kier molecular flexibility index (Phi) is 6.58. The summed E-state index contributed by atoms with van der Waals surface area (Å²) in [5.41, 5.74) is 4.76. The van der Waals surface area contributed by atoms with E-state index in [1.807, 2.05) is 116 Å². The van der Waals surface area contributed by atoms with Gasteiger partial charge in [-0.3, -0.25) is 0 Å². The zero-order valence-electron chi connectivity index (χ0n) is 19.7. The Bertz CT molecular complexity index is 1600. The van der Waals surface area contributed by atoms with Gasteiger partial charge in [-0.2, -0.15) is 0 Å². The number of rotatable bonds is 8. The smallest absolute Gasteiger partial charge is 0.179 e. The van der Waals surface area contributed by atoms with Gasteiger partial charge in [0.05, 0.1) is 18.2 Å². The SMILES string of the molecule is c1ccc(Oc2ccc(-c3cn(OOSc4ccccc4)c4ncc(-c5ccccc5)cc34)cc2)cc1. The van der Waals surface area contributed by atoms with E-state index in [1.54, 1.807) is 4.73 Å². The molecule has 0 aliphatic carbocycles. The molecule has 6 rings (SSSR count). The zero-order chi connectivity index (χ0) is 24.9. The van der Waals surface area contributed by atoms with Crippen LogP contribution in [0.3, 0.4) is 0 Å². The molecule has 37 heavy (non-hydrogen) atoms. The van der Waals surface area contributed by atoms with Crippen LogP contribution < -0.4 is 9.73 Å². The average Bonchev–Trinajstić information content (AvgIpc) is 3.33. The van der Waals surface area contributed by atoms with E-state index in [0.717, 1.165) is 56.1 Å². The fourth-order valence-electron chi connectivity index (χ4n) is 4.05. The molecule has 5 nitrogen and oxygen atoms in total. The van der Waals surface area contributed by atoms with Crippen LogP contribution in [-0.2, 0) is 4.33 Å². The molecule has 0 unspecified atom stereocenters. The molecule has 4 aromatic carbocycles. The molecule has 0 amide bonds. The van der Waals surface area contributed by atoms with Crippen molar-refractivity contribution in [3.05, 3.63) is 134 Å². The van der Waals surface area contributed by atoms with Crippen LogP contribution in [0.25, 0.3) is 33.3 Å². The van der Waals surface area contributed by atoms with Gasteiger partial charge < -0.3 is 4.74 Å². The minimum Gasteiger partial charge on any atom is -0.457 e. The van der Waals surface area contributed by atoms with Crippen molar-refractivity contribution in [1.82, 2.24) is 9.71 Å². The molecule has 2 aromatic heterocycles. The second-order valence-corrected chi connectivity index (χ2v) is 9.08. The highest BCUT2D eigenvalue weighted by molar-refractivity contribution is 7.94. The van der Waals surface area contributed by atoms with Crippen molar-refractivity contribution >= 4 is 23.1 Å². The Hall–Kier alpha value is -4.52. The van der Waals surface area contributed by atoms with Gasteiger partial charge in [0, 0.05) is 27.6 Å². The van der Waals surface area contributed by atoms with Gasteiger partial charge in [0.1, 0.15) is 11.5 Å². The Balaban J connectivity index is 1.33. The largest absolute Gasteiger partial charge is 0.457 e. The highest BCUT2D eigenvalue weighted by Gasteiger charge is 2.15. The van der Waals surface area contributed by atoms with Crippen molar-refractivity contribution < 1.29 is 14.1 Å². The third-order valence-electron chi connectivity index (χ3n) is 5.85. The minimum absolute atomic E-state index is 0.660. The van der Waals surface area contributed by atoms with Crippen LogP contribution in [0.1, 0.15) is 0 Å². The quantitative estimate of drug-likeness (QED) is 0.119. The molecular formula is C31H22N2O3S. The highest BCUT2D eigenvalue weighted by atomic mass is 32.2. The first-order valence-electron chi connectivity index (χ1n) is 11.8. The van der Waals surface area contributed by atoms with Crippen molar-refractivity contribution in [1.29, 1.82) is 0 Å². The van der Waals surface area contributed by atoms with Gasteiger partial charge in [-0.05, 0) is 53.6 Å². The molecule has 180 valence electrons. The first-order chi connectivity index (χ1) is 18.3. The fourth-order valence-corrected chi connectivity index (χ4v) is 4.49. The van der Waals surface area contributed by atoms with Crippen LogP contribution in [0.2, 0.25) is 0 Å². The molecule has 0 N–H and O–H groups in total. The van der Waals surface area contributed by atoms with E-state index < -0.39 is 0 Å². The number of para-hydroxylation sites is 1. The molecular weight excluding hydrogens is 480 g/mol. The summed E-state index contributed by atoms with van der Waals surface area (Å²) in [7, 11) is 0. The Morgan fingerprint density at radius 2 is 1.27 bits per heavy atom. The number of hydrogen-bond acceptors (Lipinski definition) is 5. The number of aromatic nitrogens is 2. The van der Waals surface area contributed by atoms with E-state index in [9.17, 15) is 0 Å². The summed E-state index contributed by atoms with van der Waals surface area (Å²) in [5, 5.41) is 0.950. The number of benzene rings is 4. The lowest BCUT2D eigenvalue weighted by atomic mass is 10.0. The average molecular weight is 503 g/mol. The van der Waals surface area contributed by atoms with Gasteiger partial charge in [0.2, 0.25) is 0 Å². The van der Waals surface area contributed by atoms with E-state index in [4.69, 9.17) is 19.0 Å². The van der Waals surface area contributed by atoms with E-state index in [-0.39, 0.29) is 0 Å². The van der Waals surface area contributed by atoms with Crippen LogP contribution in [-0.4, -0.2) is 9.71 Å². The number of hydrogen-bond donors (Lipinski definition) is 0. The summed E-state index contributed by atoms with van der Waals surface area (Å²) in [6.07, 6.45) is 3.74. The van der Waals surface area contributed by atoms with Gasteiger partial charge in [-0.25, -0.2) is 9.97 Å². The van der Waals surface area contributed by atoms with Crippen LogP contribution >= 0.6 is 12.0 Å². The number of pyridine rings is 1. The van der Waals surface area contributed by atoms with Crippen molar-refractivity contribution in [3.63, 3.8) is 0 Å². The molecule has 0 saturated heterocycles. The van der Waals surface area contributed by atoms with Crippen LogP contribution in [0.4, 0.5) is 0 Å². The highest BCUT2D eigenvalue weighted by Crippen LogP contribution is 2.34. The van der Waals surface area contributed by atoms with Crippen molar-refractivity contribution in [2.75, 3.05) is 0 Å². The molecule has 0 fully saturated rings. The zero-order valence-corrected chi connectivity index (χ0v) is 20.5. The molecule has 0 aliphatic rings. The second-order valence-electron chi connectivity index (χ2n) is 8.31. The summed E-state index contributed by atoms with van der Waals surface area (Å²) < 4.78 is 13.0. The normalized spacial score (nSPS) is 10.9. The Morgan fingerprint density at radius 3 is 2.00 bits per heavy atom. The summed E-state index contributed by atoms with van der Waals surface area (Å²) >= 11 is 1.14. The Morgan fingerprint density at radius 1 is 0.622 bits per heavy atom. The van der Waals surface area contributed by atoms with Crippen LogP contribution in [0.15, 0.2) is 139 Å². The van der Waals surface area contributed by atoms with Gasteiger partial charge in [0.15, 0.2) is 5.65 Å². The summed E-state index contributed by atoms with van der Waals surface area (Å²) in [4.78, 5) is 11.3. The van der Waals surface area contributed by atoms with Gasteiger partial charge in [-0.15, -0.1) is 4.73 Å². The molecule has 0 saturated carbocycles.